The highest BCUT2D eigenvalue weighted by Gasteiger charge is 2.43. The Morgan fingerprint density at radius 1 is 1.26 bits per heavy atom. The summed E-state index contributed by atoms with van der Waals surface area (Å²) in [5.41, 5.74) is -1.33. The summed E-state index contributed by atoms with van der Waals surface area (Å²) in [7, 11) is 0. The number of nitrogens with one attached hydrogen (secondary N) is 2. The zero-order valence-corrected chi connectivity index (χ0v) is 19.1. The highest BCUT2D eigenvalue weighted by Crippen LogP contribution is 2.39. The first-order valence-electron chi connectivity index (χ1n) is 10.9. The Balaban J connectivity index is 1.57. The smallest absolute Gasteiger partial charge is 0.347 e. The second-order valence-electron chi connectivity index (χ2n) is 9.05. The molecule has 1 amide bonds. The molecule has 11 heteroatoms. The minimum atomic E-state index is -3.59. The summed E-state index contributed by atoms with van der Waals surface area (Å²) in [6.07, 6.45) is 2.60. The van der Waals surface area contributed by atoms with Gasteiger partial charge in [-0.25, -0.2) is 9.37 Å². The number of rotatable bonds is 7. The predicted molar refractivity (Wildman–Crippen MR) is 121 cm³/mol. The van der Waals surface area contributed by atoms with Crippen molar-refractivity contribution in [3.63, 3.8) is 0 Å². The molecule has 1 atom stereocenters. The Morgan fingerprint density at radius 3 is 2.69 bits per heavy atom. The van der Waals surface area contributed by atoms with Crippen molar-refractivity contribution >= 4 is 11.7 Å². The lowest BCUT2D eigenvalue weighted by atomic mass is 9.87. The molecule has 0 radical (unpaired) electrons. The molecule has 1 aliphatic rings. The van der Waals surface area contributed by atoms with Crippen LogP contribution in [0.25, 0.3) is 0 Å². The Hall–Kier alpha value is -3.89. The number of nitrogens with zero attached hydrogens (tertiary/aromatic N) is 3. The molecule has 0 saturated heterocycles. The number of anilines is 1. The monoisotopic (exact) mass is 487 g/mol. The number of fused-ring (bicyclic) bond motifs is 1. The number of benzene rings is 1. The molecular weight excluding hydrogens is 463 g/mol. The normalized spacial score (nSPS) is 16.5. The molecule has 0 unspecified atom stereocenters. The molecule has 0 fully saturated rings. The second kappa shape index (κ2) is 9.05. The number of amides is 1. The Kier molecular flexibility index (Phi) is 6.27. The van der Waals surface area contributed by atoms with Crippen LogP contribution in [0.1, 0.15) is 43.3 Å². The fraction of sp³-hybridized carbons (Fsp3) is 0.333. The van der Waals surface area contributed by atoms with Gasteiger partial charge in [0.05, 0.1) is 6.54 Å². The van der Waals surface area contributed by atoms with E-state index >= 15 is 0 Å². The van der Waals surface area contributed by atoms with Gasteiger partial charge < -0.3 is 15.8 Å². The van der Waals surface area contributed by atoms with Gasteiger partial charge in [0.1, 0.15) is 11.9 Å². The average Bonchev–Trinajstić information content (AvgIpc) is 3.09. The van der Waals surface area contributed by atoms with Gasteiger partial charge in [-0.15, -0.1) is 0 Å². The Labute approximate surface area is 199 Å². The molecule has 8 nitrogen and oxygen atoms in total. The first kappa shape index (κ1) is 24.2. The van der Waals surface area contributed by atoms with E-state index in [4.69, 9.17) is 0 Å². The van der Waals surface area contributed by atoms with Gasteiger partial charge >= 0.3 is 5.92 Å². The van der Waals surface area contributed by atoms with Crippen LogP contribution in [0, 0.1) is 11.0 Å². The number of hydrogen-bond acceptors (Lipinski definition) is 5. The first-order valence-corrected chi connectivity index (χ1v) is 10.9. The van der Waals surface area contributed by atoms with E-state index in [1.165, 1.54) is 35.0 Å². The fourth-order valence-corrected chi connectivity index (χ4v) is 4.23. The van der Waals surface area contributed by atoms with E-state index in [1.54, 1.807) is 12.1 Å². The number of carbonyl (C=O) groups is 1. The van der Waals surface area contributed by atoms with Crippen LogP contribution < -0.4 is 20.9 Å². The van der Waals surface area contributed by atoms with Crippen LogP contribution in [0.5, 0.6) is 0 Å². The number of hydrogen-bond donors (Lipinski definition) is 2. The molecule has 4 rings (SSSR count). The SMILES string of the molecule is CC1(C)C[C@H](C(=O)NCc2ccccc2F)n2c1cnc(NCC(F)(F)c1cccc[n+]1[O-])c2=O. The quantitative estimate of drug-likeness (QED) is 0.394. The minimum Gasteiger partial charge on any atom is -0.618 e. The number of alkyl halides is 2. The molecule has 2 N–H and O–H groups in total. The van der Waals surface area contributed by atoms with Crippen LogP contribution in [0.15, 0.2) is 59.7 Å². The molecule has 0 spiro atoms. The molecule has 3 aromatic rings. The molecule has 0 saturated carbocycles. The molecule has 184 valence electrons. The van der Waals surface area contributed by atoms with Crippen molar-refractivity contribution in [3.8, 4) is 0 Å². The van der Waals surface area contributed by atoms with Crippen LogP contribution in [0.2, 0.25) is 0 Å². The van der Waals surface area contributed by atoms with Crippen LogP contribution in [0.4, 0.5) is 19.0 Å². The van der Waals surface area contributed by atoms with E-state index in [1.807, 2.05) is 13.8 Å². The molecule has 0 aliphatic carbocycles. The van der Waals surface area contributed by atoms with E-state index in [9.17, 15) is 28.0 Å². The Bertz CT molecular complexity index is 1330. The van der Waals surface area contributed by atoms with Gasteiger partial charge in [-0.2, -0.15) is 13.5 Å². The largest absolute Gasteiger partial charge is 0.618 e. The fourth-order valence-electron chi connectivity index (χ4n) is 4.23. The van der Waals surface area contributed by atoms with E-state index < -0.39 is 46.9 Å². The summed E-state index contributed by atoms with van der Waals surface area (Å²) in [6.45, 7) is 2.57. The molecule has 1 aromatic carbocycles. The van der Waals surface area contributed by atoms with Crippen LogP contribution >= 0.6 is 0 Å². The van der Waals surface area contributed by atoms with Crippen LogP contribution in [0.3, 0.4) is 0 Å². The van der Waals surface area contributed by atoms with Crippen molar-refractivity contribution in [1.82, 2.24) is 14.9 Å². The maximum atomic E-state index is 14.6. The zero-order chi connectivity index (χ0) is 25.4. The van der Waals surface area contributed by atoms with Gasteiger partial charge in [-0.05, 0) is 18.6 Å². The summed E-state index contributed by atoms with van der Waals surface area (Å²) >= 11 is 0. The molecule has 0 bridgehead atoms. The van der Waals surface area contributed by atoms with Gasteiger partial charge in [-0.1, -0.05) is 32.0 Å². The van der Waals surface area contributed by atoms with Crippen molar-refractivity contribution in [2.45, 2.75) is 44.2 Å². The summed E-state index contributed by atoms with van der Waals surface area (Å²) in [5.74, 6) is -4.92. The van der Waals surface area contributed by atoms with Crippen molar-refractivity contribution in [3.05, 3.63) is 93.2 Å². The van der Waals surface area contributed by atoms with Gasteiger partial charge in [0.25, 0.3) is 11.3 Å². The second-order valence-corrected chi connectivity index (χ2v) is 9.05. The lowest BCUT2D eigenvalue weighted by molar-refractivity contribution is -0.624. The van der Waals surface area contributed by atoms with Crippen LogP contribution in [-0.4, -0.2) is 22.0 Å². The summed E-state index contributed by atoms with van der Waals surface area (Å²) in [4.78, 5) is 30.2. The third-order valence-corrected chi connectivity index (χ3v) is 6.10. The molecular formula is C24H24F3N5O3. The van der Waals surface area contributed by atoms with Gasteiger partial charge in [0, 0.05) is 41.5 Å². The Morgan fingerprint density at radius 2 is 1.97 bits per heavy atom. The highest BCUT2D eigenvalue weighted by atomic mass is 19.3. The maximum Gasteiger partial charge on any atom is 0.347 e. The molecule has 2 aromatic heterocycles. The highest BCUT2D eigenvalue weighted by molar-refractivity contribution is 5.81. The molecule has 1 aliphatic heterocycles. The zero-order valence-electron chi connectivity index (χ0n) is 19.1. The van der Waals surface area contributed by atoms with E-state index in [0.29, 0.717) is 11.3 Å². The van der Waals surface area contributed by atoms with E-state index in [2.05, 4.69) is 15.6 Å². The van der Waals surface area contributed by atoms with Gasteiger partial charge in [0.2, 0.25) is 5.91 Å². The first-order chi connectivity index (χ1) is 16.5. The summed E-state index contributed by atoms with van der Waals surface area (Å²) in [5, 5.41) is 16.7. The molecule has 3 heterocycles. The number of carbonyl (C=O) groups excluding carboxylic acids is 1. The third kappa shape index (κ3) is 4.71. The van der Waals surface area contributed by atoms with E-state index in [-0.39, 0.29) is 23.5 Å². The van der Waals surface area contributed by atoms with Crippen molar-refractivity contribution in [1.29, 1.82) is 0 Å². The van der Waals surface area contributed by atoms with E-state index in [0.717, 1.165) is 12.3 Å². The van der Waals surface area contributed by atoms with Crippen molar-refractivity contribution < 1.29 is 22.7 Å². The van der Waals surface area contributed by atoms with Crippen molar-refractivity contribution in [2.75, 3.05) is 11.9 Å². The predicted octanol–water partition coefficient (Wildman–Crippen LogP) is 2.76. The maximum absolute atomic E-state index is 14.6. The van der Waals surface area contributed by atoms with Crippen molar-refractivity contribution in [2.24, 2.45) is 0 Å². The van der Waals surface area contributed by atoms with Crippen LogP contribution in [-0.2, 0) is 22.7 Å². The standard InChI is InChI=1S/C24H24F3N5O3/c1-23(2)11-17(21(33)29-12-15-7-3-4-8-16(15)25)32-19(23)13-28-20(22(32)34)30-14-24(26,27)18-9-5-6-10-31(18)35/h3-10,13,17H,11-12,14H2,1-2H3,(H,28,30)(H,29,33)/t17-/m1/s1. The summed E-state index contributed by atoms with van der Waals surface area (Å²) < 4.78 is 44.4. The number of aromatic nitrogens is 3. The van der Waals surface area contributed by atoms with Gasteiger partial charge in [-0.3, -0.25) is 14.2 Å². The lowest BCUT2D eigenvalue weighted by Crippen LogP contribution is -2.42. The molecule has 35 heavy (non-hydrogen) atoms. The summed E-state index contributed by atoms with van der Waals surface area (Å²) in [6, 6.07) is 8.71. The number of halogens is 3. The topological polar surface area (TPSA) is 103 Å². The third-order valence-electron chi connectivity index (χ3n) is 6.10. The lowest BCUT2D eigenvalue weighted by Gasteiger charge is -2.19. The van der Waals surface area contributed by atoms with Gasteiger partial charge in [0.15, 0.2) is 12.0 Å². The number of pyridine rings is 1. The minimum absolute atomic E-state index is 0.0586. The average molecular weight is 487 g/mol.